The van der Waals surface area contributed by atoms with E-state index in [9.17, 15) is 13.2 Å². The van der Waals surface area contributed by atoms with E-state index in [1.807, 2.05) is 0 Å². The highest BCUT2D eigenvalue weighted by Gasteiger charge is 2.28. The third-order valence-electron chi connectivity index (χ3n) is 4.12. The standard InChI is InChI=1S/C16H20ClN5O3S/c1-11-18-15(19-22(11)14-7-5-12(17)6-8-14)16(23)21-9-3-4-13(10-21)20-26(2,24)25/h5-8,13,20H,3-4,9-10H2,1-2H3. The van der Waals surface area contributed by atoms with Crippen LogP contribution in [0.15, 0.2) is 24.3 Å². The first kappa shape index (κ1) is 18.8. The second kappa shape index (κ2) is 7.34. The molecule has 1 aliphatic rings. The van der Waals surface area contributed by atoms with E-state index in [2.05, 4.69) is 14.8 Å². The molecule has 2 aromatic rings. The number of benzene rings is 1. The average Bonchev–Trinajstić information content (AvgIpc) is 2.95. The first-order valence-corrected chi connectivity index (χ1v) is 10.5. The zero-order chi connectivity index (χ0) is 18.9. The molecular formula is C16H20ClN5O3S. The van der Waals surface area contributed by atoms with Crippen LogP contribution in [0.4, 0.5) is 0 Å². The number of aromatic nitrogens is 3. The fraction of sp³-hybridized carbons (Fsp3) is 0.438. The smallest absolute Gasteiger partial charge is 0.293 e. The molecule has 3 rings (SSSR count). The Morgan fingerprint density at radius 3 is 2.65 bits per heavy atom. The summed E-state index contributed by atoms with van der Waals surface area (Å²) < 4.78 is 27.0. The van der Waals surface area contributed by atoms with Crippen molar-refractivity contribution in [3.05, 3.63) is 40.9 Å². The topological polar surface area (TPSA) is 97.2 Å². The number of carbonyl (C=O) groups excluding carboxylic acids is 1. The van der Waals surface area contributed by atoms with Gasteiger partial charge in [-0.2, -0.15) is 0 Å². The number of rotatable bonds is 4. The van der Waals surface area contributed by atoms with Gasteiger partial charge in [0, 0.05) is 24.2 Å². The Kier molecular flexibility index (Phi) is 5.31. The van der Waals surface area contributed by atoms with E-state index >= 15 is 0 Å². The molecule has 1 aromatic heterocycles. The van der Waals surface area contributed by atoms with Crippen LogP contribution >= 0.6 is 11.6 Å². The van der Waals surface area contributed by atoms with E-state index in [1.54, 1.807) is 40.8 Å². The van der Waals surface area contributed by atoms with Crippen LogP contribution in [-0.4, -0.2) is 59.4 Å². The molecule has 0 spiro atoms. The molecule has 1 amide bonds. The number of aryl methyl sites for hydroxylation is 1. The minimum absolute atomic E-state index is 0.0949. The lowest BCUT2D eigenvalue weighted by Crippen LogP contribution is -2.49. The molecule has 26 heavy (non-hydrogen) atoms. The molecule has 1 aromatic carbocycles. The predicted molar refractivity (Wildman–Crippen MR) is 98.0 cm³/mol. The first-order chi connectivity index (χ1) is 12.2. The van der Waals surface area contributed by atoms with E-state index in [1.165, 1.54) is 0 Å². The van der Waals surface area contributed by atoms with Crippen LogP contribution < -0.4 is 4.72 Å². The Bertz CT molecular complexity index is 910. The molecule has 10 heteroatoms. The molecule has 1 atom stereocenters. The second-order valence-corrected chi connectivity index (χ2v) is 8.57. The van der Waals surface area contributed by atoms with Crippen molar-refractivity contribution in [1.29, 1.82) is 0 Å². The lowest BCUT2D eigenvalue weighted by Gasteiger charge is -2.32. The van der Waals surface area contributed by atoms with E-state index in [4.69, 9.17) is 11.6 Å². The summed E-state index contributed by atoms with van der Waals surface area (Å²) >= 11 is 5.90. The lowest BCUT2D eigenvalue weighted by molar-refractivity contribution is 0.0690. The number of nitrogens with zero attached hydrogens (tertiary/aromatic N) is 4. The maximum absolute atomic E-state index is 12.8. The maximum Gasteiger partial charge on any atom is 0.293 e. The number of halogens is 1. The molecule has 0 aliphatic carbocycles. The molecule has 0 saturated carbocycles. The highest BCUT2D eigenvalue weighted by atomic mass is 35.5. The Morgan fingerprint density at radius 1 is 1.31 bits per heavy atom. The van der Waals surface area contributed by atoms with E-state index in [-0.39, 0.29) is 17.8 Å². The molecule has 1 unspecified atom stereocenters. The first-order valence-electron chi connectivity index (χ1n) is 8.19. The van der Waals surface area contributed by atoms with Crippen molar-refractivity contribution < 1.29 is 13.2 Å². The van der Waals surface area contributed by atoms with Gasteiger partial charge in [-0.05, 0) is 44.0 Å². The Morgan fingerprint density at radius 2 is 2.00 bits per heavy atom. The van der Waals surface area contributed by atoms with E-state index in [0.717, 1.165) is 18.4 Å². The number of nitrogens with one attached hydrogen (secondary N) is 1. The molecular weight excluding hydrogens is 378 g/mol. The molecule has 2 heterocycles. The van der Waals surface area contributed by atoms with Crippen LogP contribution in [0.5, 0.6) is 0 Å². The van der Waals surface area contributed by atoms with Gasteiger partial charge >= 0.3 is 0 Å². The van der Waals surface area contributed by atoms with Crippen LogP contribution in [0.3, 0.4) is 0 Å². The highest BCUT2D eigenvalue weighted by molar-refractivity contribution is 7.88. The van der Waals surface area contributed by atoms with Gasteiger partial charge in [-0.3, -0.25) is 4.79 Å². The van der Waals surface area contributed by atoms with Crippen LogP contribution in [0.2, 0.25) is 5.02 Å². The quantitative estimate of drug-likeness (QED) is 0.840. The third kappa shape index (κ3) is 4.40. The van der Waals surface area contributed by atoms with Gasteiger partial charge in [0.1, 0.15) is 5.82 Å². The number of sulfonamides is 1. The van der Waals surface area contributed by atoms with Crippen LogP contribution in [0, 0.1) is 6.92 Å². The summed E-state index contributed by atoms with van der Waals surface area (Å²) in [6, 6.07) is 6.79. The monoisotopic (exact) mass is 397 g/mol. The van der Waals surface area contributed by atoms with Gasteiger partial charge in [0.05, 0.1) is 11.9 Å². The molecule has 0 radical (unpaired) electrons. The Labute approximate surface area is 157 Å². The van der Waals surface area contributed by atoms with Gasteiger partial charge in [0.25, 0.3) is 5.91 Å². The SMILES string of the molecule is Cc1nc(C(=O)N2CCCC(NS(C)(=O)=O)C2)nn1-c1ccc(Cl)cc1. The van der Waals surface area contributed by atoms with E-state index in [0.29, 0.717) is 30.4 Å². The summed E-state index contributed by atoms with van der Waals surface area (Å²) in [5.41, 5.74) is 0.758. The second-order valence-electron chi connectivity index (χ2n) is 6.35. The zero-order valence-corrected chi connectivity index (χ0v) is 16.1. The van der Waals surface area contributed by atoms with Crippen molar-refractivity contribution in [3.63, 3.8) is 0 Å². The summed E-state index contributed by atoms with van der Waals surface area (Å²) in [5.74, 6) is 0.372. The van der Waals surface area contributed by atoms with Gasteiger partial charge < -0.3 is 4.90 Å². The largest absolute Gasteiger partial charge is 0.334 e. The Balaban J connectivity index is 1.78. The summed E-state index contributed by atoms with van der Waals surface area (Å²) in [7, 11) is -3.31. The van der Waals surface area contributed by atoms with Crippen molar-refractivity contribution >= 4 is 27.5 Å². The number of amides is 1. The Hall–Kier alpha value is -1.97. The summed E-state index contributed by atoms with van der Waals surface area (Å²) in [6.45, 7) is 2.62. The van der Waals surface area contributed by atoms with Gasteiger partial charge in [0.15, 0.2) is 0 Å². The van der Waals surface area contributed by atoms with Gasteiger partial charge in [0.2, 0.25) is 15.8 Å². The molecule has 1 N–H and O–H groups in total. The molecule has 140 valence electrons. The summed E-state index contributed by atoms with van der Waals surface area (Å²) in [5, 5.41) is 4.93. The minimum atomic E-state index is -3.31. The molecule has 8 nitrogen and oxygen atoms in total. The van der Waals surface area contributed by atoms with Gasteiger partial charge in [-0.1, -0.05) is 11.6 Å². The molecule has 1 fully saturated rings. The average molecular weight is 398 g/mol. The number of carbonyl (C=O) groups is 1. The zero-order valence-electron chi connectivity index (χ0n) is 14.5. The normalized spacial score (nSPS) is 18.1. The van der Waals surface area contributed by atoms with Crippen molar-refractivity contribution in [3.8, 4) is 5.69 Å². The molecule has 1 saturated heterocycles. The van der Waals surface area contributed by atoms with Crippen molar-refractivity contribution in [2.24, 2.45) is 0 Å². The summed E-state index contributed by atoms with van der Waals surface area (Å²) in [6.07, 6.45) is 2.53. The van der Waals surface area contributed by atoms with Crippen LogP contribution in [0.25, 0.3) is 5.69 Å². The minimum Gasteiger partial charge on any atom is -0.334 e. The number of piperidine rings is 1. The van der Waals surface area contributed by atoms with Crippen LogP contribution in [-0.2, 0) is 10.0 Å². The third-order valence-corrected chi connectivity index (χ3v) is 5.13. The predicted octanol–water partition coefficient (Wildman–Crippen LogP) is 1.38. The fourth-order valence-electron chi connectivity index (χ4n) is 3.01. The molecule has 1 aliphatic heterocycles. The lowest BCUT2D eigenvalue weighted by atomic mass is 10.1. The number of hydrogen-bond donors (Lipinski definition) is 1. The van der Waals surface area contributed by atoms with E-state index < -0.39 is 10.0 Å². The number of likely N-dealkylation sites (tertiary alicyclic amines) is 1. The highest BCUT2D eigenvalue weighted by Crippen LogP contribution is 2.16. The van der Waals surface area contributed by atoms with Crippen LogP contribution in [0.1, 0.15) is 29.3 Å². The number of hydrogen-bond acceptors (Lipinski definition) is 5. The van der Waals surface area contributed by atoms with Crippen molar-refractivity contribution in [2.45, 2.75) is 25.8 Å². The molecule has 0 bridgehead atoms. The van der Waals surface area contributed by atoms with Gasteiger partial charge in [-0.25, -0.2) is 22.8 Å². The maximum atomic E-state index is 12.8. The fourth-order valence-corrected chi connectivity index (χ4v) is 3.93. The van der Waals surface area contributed by atoms with Crippen molar-refractivity contribution in [2.75, 3.05) is 19.3 Å². The van der Waals surface area contributed by atoms with Gasteiger partial charge in [-0.15, -0.1) is 5.10 Å². The van der Waals surface area contributed by atoms with Crippen molar-refractivity contribution in [1.82, 2.24) is 24.4 Å². The summed E-state index contributed by atoms with van der Waals surface area (Å²) in [4.78, 5) is 18.6.